The molecule has 0 aromatic carbocycles. The van der Waals surface area contributed by atoms with Gasteiger partial charge in [0.1, 0.15) is 6.04 Å². The number of anilines is 1. The first kappa shape index (κ1) is 15.0. The van der Waals surface area contributed by atoms with Crippen LogP contribution in [0, 0.1) is 0 Å². The molecule has 2 rings (SSSR count). The van der Waals surface area contributed by atoms with Gasteiger partial charge in [0.2, 0.25) is 0 Å². The van der Waals surface area contributed by atoms with E-state index in [1.165, 1.54) is 11.3 Å². The highest BCUT2D eigenvalue weighted by molar-refractivity contribution is 9.10. The second-order valence-corrected chi connectivity index (χ2v) is 6.34. The second-order valence-electron chi connectivity index (χ2n) is 4.31. The van der Waals surface area contributed by atoms with Crippen LogP contribution in [0.4, 0.5) is 5.13 Å². The van der Waals surface area contributed by atoms with Crippen molar-refractivity contribution in [2.75, 3.05) is 5.32 Å². The Morgan fingerprint density at radius 2 is 2.40 bits per heavy atom. The maximum absolute atomic E-state index is 11.1. The van der Waals surface area contributed by atoms with E-state index in [4.69, 9.17) is 5.11 Å². The van der Waals surface area contributed by atoms with Crippen LogP contribution in [0.2, 0.25) is 0 Å². The van der Waals surface area contributed by atoms with Gasteiger partial charge in [-0.15, -0.1) is 11.3 Å². The molecule has 0 aliphatic rings. The van der Waals surface area contributed by atoms with Gasteiger partial charge in [-0.25, -0.2) is 9.78 Å². The zero-order valence-electron chi connectivity index (χ0n) is 10.9. The third-order valence-corrected chi connectivity index (χ3v) is 3.97. The van der Waals surface area contributed by atoms with Crippen LogP contribution in [0.1, 0.15) is 24.6 Å². The molecule has 20 heavy (non-hydrogen) atoms. The standard InChI is InChI=1S/C12H15BrN4O2S/c1-2-3-10(11(18)19)16-12-14-5-9(20-12)7-17-6-8(13)4-15-17/h4-6,10H,2-3,7H2,1H3,(H,14,16)(H,18,19). The Morgan fingerprint density at radius 1 is 1.60 bits per heavy atom. The fourth-order valence-electron chi connectivity index (χ4n) is 1.73. The number of carboxylic acids is 1. The van der Waals surface area contributed by atoms with E-state index in [2.05, 4.69) is 31.3 Å². The topological polar surface area (TPSA) is 80.0 Å². The van der Waals surface area contributed by atoms with Gasteiger partial charge in [-0.1, -0.05) is 13.3 Å². The third-order valence-electron chi connectivity index (χ3n) is 2.65. The lowest BCUT2D eigenvalue weighted by atomic mass is 10.2. The fraction of sp³-hybridized carbons (Fsp3) is 0.417. The average molecular weight is 359 g/mol. The van der Waals surface area contributed by atoms with E-state index in [1.807, 2.05) is 13.1 Å². The molecule has 1 unspecified atom stereocenters. The molecule has 2 aromatic rings. The molecule has 0 spiro atoms. The van der Waals surface area contributed by atoms with Crippen molar-refractivity contribution in [2.45, 2.75) is 32.4 Å². The summed E-state index contributed by atoms with van der Waals surface area (Å²) in [6, 6.07) is -0.585. The minimum absolute atomic E-state index is 0.580. The molecule has 1 atom stereocenters. The van der Waals surface area contributed by atoms with Crippen LogP contribution in [0.25, 0.3) is 0 Å². The van der Waals surface area contributed by atoms with Gasteiger partial charge in [0, 0.05) is 17.3 Å². The van der Waals surface area contributed by atoms with Crippen molar-refractivity contribution in [1.82, 2.24) is 14.8 Å². The van der Waals surface area contributed by atoms with Crippen molar-refractivity contribution < 1.29 is 9.90 Å². The number of thiazole rings is 1. The average Bonchev–Trinajstić information content (AvgIpc) is 2.99. The second kappa shape index (κ2) is 6.85. The highest BCUT2D eigenvalue weighted by atomic mass is 79.9. The molecule has 6 nitrogen and oxygen atoms in total. The summed E-state index contributed by atoms with van der Waals surface area (Å²) < 4.78 is 2.72. The summed E-state index contributed by atoms with van der Waals surface area (Å²) in [6.45, 7) is 2.58. The summed E-state index contributed by atoms with van der Waals surface area (Å²) in [4.78, 5) is 16.3. The number of halogens is 1. The first-order valence-corrected chi connectivity index (χ1v) is 7.81. The predicted molar refractivity (Wildman–Crippen MR) is 81.1 cm³/mol. The predicted octanol–water partition coefficient (Wildman–Crippen LogP) is 2.82. The number of carbonyl (C=O) groups is 1. The SMILES string of the molecule is CCCC(Nc1ncc(Cn2cc(Br)cn2)s1)C(=O)O. The van der Waals surface area contributed by atoms with E-state index in [0.29, 0.717) is 18.1 Å². The maximum Gasteiger partial charge on any atom is 0.326 e. The van der Waals surface area contributed by atoms with Crippen LogP contribution in [0.5, 0.6) is 0 Å². The highest BCUT2D eigenvalue weighted by Crippen LogP contribution is 2.21. The molecule has 2 heterocycles. The summed E-state index contributed by atoms with van der Waals surface area (Å²) >= 11 is 4.79. The van der Waals surface area contributed by atoms with E-state index in [1.54, 1.807) is 17.1 Å². The van der Waals surface area contributed by atoms with Crippen LogP contribution in [0.3, 0.4) is 0 Å². The maximum atomic E-state index is 11.1. The Hall–Kier alpha value is -1.41. The van der Waals surface area contributed by atoms with Crippen LogP contribution in [-0.2, 0) is 11.3 Å². The van der Waals surface area contributed by atoms with Crippen molar-refractivity contribution >= 4 is 38.4 Å². The molecule has 0 amide bonds. The summed E-state index contributed by atoms with van der Waals surface area (Å²) in [5.41, 5.74) is 0. The Morgan fingerprint density at radius 3 is 3.00 bits per heavy atom. The Labute approximate surface area is 129 Å². The monoisotopic (exact) mass is 358 g/mol. The molecule has 2 N–H and O–H groups in total. The Kier molecular flexibility index (Phi) is 5.13. The number of aliphatic carboxylic acids is 1. The van der Waals surface area contributed by atoms with E-state index in [9.17, 15) is 4.79 Å². The van der Waals surface area contributed by atoms with Crippen molar-refractivity contribution in [3.05, 3.63) is 27.9 Å². The third kappa shape index (κ3) is 4.04. The molecule has 0 bridgehead atoms. The number of nitrogens with zero attached hydrogens (tertiary/aromatic N) is 3. The van der Waals surface area contributed by atoms with Crippen LogP contribution < -0.4 is 5.32 Å². The van der Waals surface area contributed by atoms with Gasteiger partial charge in [0.15, 0.2) is 5.13 Å². The van der Waals surface area contributed by atoms with Gasteiger partial charge in [-0.3, -0.25) is 4.68 Å². The molecule has 2 aromatic heterocycles. The van der Waals surface area contributed by atoms with E-state index in [-0.39, 0.29) is 0 Å². The molecule has 8 heteroatoms. The largest absolute Gasteiger partial charge is 0.480 e. The lowest BCUT2D eigenvalue weighted by Crippen LogP contribution is -2.28. The first-order chi connectivity index (χ1) is 9.58. The zero-order valence-corrected chi connectivity index (χ0v) is 13.3. The summed E-state index contributed by atoms with van der Waals surface area (Å²) in [7, 11) is 0. The molecule has 0 saturated carbocycles. The van der Waals surface area contributed by atoms with Gasteiger partial charge in [0.25, 0.3) is 0 Å². The van der Waals surface area contributed by atoms with Crippen molar-refractivity contribution in [3.8, 4) is 0 Å². The molecular weight excluding hydrogens is 344 g/mol. The van der Waals surface area contributed by atoms with Gasteiger partial charge >= 0.3 is 5.97 Å². The molecule has 108 valence electrons. The lowest BCUT2D eigenvalue weighted by molar-refractivity contribution is -0.138. The molecule has 0 aliphatic heterocycles. The smallest absolute Gasteiger partial charge is 0.326 e. The van der Waals surface area contributed by atoms with E-state index >= 15 is 0 Å². The van der Waals surface area contributed by atoms with Crippen molar-refractivity contribution in [2.24, 2.45) is 0 Å². The van der Waals surface area contributed by atoms with Crippen LogP contribution in [-0.4, -0.2) is 31.9 Å². The van der Waals surface area contributed by atoms with E-state index in [0.717, 1.165) is 15.8 Å². The molecule has 0 aliphatic carbocycles. The quantitative estimate of drug-likeness (QED) is 0.795. The number of hydrogen-bond acceptors (Lipinski definition) is 5. The Bertz CT molecular complexity index is 584. The summed E-state index contributed by atoms with van der Waals surface area (Å²) in [5.74, 6) is -0.848. The normalized spacial score (nSPS) is 12.3. The number of carboxylic acid groups (broad SMARTS) is 1. The first-order valence-electron chi connectivity index (χ1n) is 6.20. The highest BCUT2D eigenvalue weighted by Gasteiger charge is 2.17. The minimum Gasteiger partial charge on any atom is -0.480 e. The summed E-state index contributed by atoms with van der Waals surface area (Å²) in [5, 5.41) is 16.9. The molecular formula is C12H15BrN4O2S. The van der Waals surface area contributed by atoms with Gasteiger partial charge in [-0.2, -0.15) is 5.10 Å². The van der Waals surface area contributed by atoms with Crippen molar-refractivity contribution in [3.63, 3.8) is 0 Å². The Balaban J connectivity index is 1.99. The van der Waals surface area contributed by atoms with Crippen LogP contribution in [0.15, 0.2) is 23.1 Å². The molecule has 0 radical (unpaired) electrons. The number of aromatic nitrogens is 3. The van der Waals surface area contributed by atoms with Gasteiger partial charge in [-0.05, 0) is 22.4 Å². The zero-order chi connectivity index (χ0) is 14.5. The van der Waals surface area contributed by atoms with Crippen LogP contribution >= 0.6 is 27.3 Å². The number of hydrogen-bond donors (Lipinski definition) is 2. The molecule has 0 saturated heterocycles. The van der Waals surface area contributed by atoms with Gasteiger partial charge in [0.05, 0.1) is 17.2 Å². The fourth-order valence-corrected chi connectivity index (χ4v) is 2.91. The van der Waals surface area contributed by atoms with Gasteiger partial charge < -0.3 is 10.4 Å². The number of nitrogens with one attached hydrogen (secondary N) is 1. The summed E-state index contributed by atoms with van der Waals surface area (Å²) in [6.07, 6.45) is 6.74. The minimum atomic E-state index is -0.848. The van der Waals surface area contributed by atoms with Crippen molar-refractivity contribution in [1.29, 1.82) is 0 Å². The lowest BCUT2D eigenvalue weighted by Gasteiger charge is -2.11. The molecule has 0 fully saturated rings. The number of rotatable bonds is 7. The van der Waals surface area contributed by atoms with E-state index < -0.39 is 12.0 Å².